The van der Waals surface area contributed by atoms with E-state index in [0.29, 0.717) is 6.04 Å². The highest BCUT2D eigenvalue weighted by Gasteiger charge is 2.20. The van der Waals surface area contributed by atoms with Gasteiger partial charge in [-0.05, 0) is 30.9 Å². The zero-order chi connectivity index (χ0) is 7.40. The molecule has 0 spiro atoms. The van der Waals surface area contributed by atoms with Gasteiger partial charge in [0.25, 0.3) is 0 Å². The van der Waals surface area contributed by atoms with Crippen molar-refractivity contribution in [3.63, 3.8) is 0 Å². The number of hydrogen-bond acceptors (Lipinski definition) is 2. The van der Waals surface area contributed by atoms with Crippen LogP contribution in [0, 0.1) is 5.92 Å². The van der Waals surface area contributed by atoms with Gasteiger partial charge in [-0.3, -0.25) is 0 Å². The molecule has 1 fully saturated rings. The molecule has 1 unspecified atom stereocenters. The molecule has 1 saturated carbocycles. The van der Waals surface area contributed by atoms with E-state index in [-0.39, 0.29) is 0 Å². The van der Waals surface area contributed by atoms with Gasteiger partial charge in [-0.1, -0.05) is 12.8 Å². The molecule has 0 bridgehead atoms. The molecule has 0 aromatic rings. The van der Waals surface area contributed by atoms with E-state index < -0.39 is 0 Å². The van der Waals surface area contributed by atoms with Crippen LogP contribution in [0.15, 0.2) is 0 Å². The van der Waals surface area contributed by atoms with Crippen molar-refractivity contribution in [2.24, 2.45) is 11.7 Å². The first kappa shape index (κ1) is 8.41. The molecule has 1 aliphatic carbocycles. The van der Waals surface area contributed by atoms with Crippen molar-refractivity contribution < 1.29 is 0 Å². The summed E-state index contributed by atoms with van der Waals surface area (Å²) in [6.45, 7) is 0. The van der Waals surface area contributed by atoms with E-state index in [1.54, 1.807) is 0 Å². The molecule has 2 N–H and O–H groups in total. The first-order valence-electron chi connectivity index (χ1n) is 4.21. The Bertz CT molecular complexity index is 89.3. The van der Waals surface area contributed by atoms with E-state index in [0.717, 1.165) is 18.1 Å². The maximum Gasteiger partial charge on any atom is 0.00749 e. The Kier molecular flexibility index (Phi) is 3.57. The smallest absolute Gasteiger partial charge is 0.00749 e. The molecule has 0 saturated heterocycles. The predicted octanol–water partition coefficient (Wildman–Crippen LogP) is 1.82. The first-order valence-corrected chi connectivity index (χ1v) is 4.84. The van der Waals surface area contributed by atoms with Crippen LogP contribution in [0.25, 0.3) is 0 Å². The second-order valence-corrected chi connectivity index (χ2v) is 3.67. The van der Waals surface area contributed by atoms with E-state index in [4.69, 9.17) is 5.73 Å². The fourth-order valence-electron chi connectivity index (χ4n) is 1.77. The van der Waals surface area contributed by atoms with Crippen LogP contribution < -0.4 is 5.73 Å². The topological polar surface area (TPSA) is 26.0 Å². The molecule has 1 atom stereocenters. The fraction of sp³-hybridized carbons (Fsp3) is 1.00. The van der Waals surface area contributed by atoms with E-state index in [1.165, 1.54) is 25.7 Å². The van der Waals surface area contributed by atoms with Crippen LogP contribution in [-0.2, 0) is 0 Å². The van der Waals surface area contributed by atoms with Crippen molar-refractivity contribution in [3.05, 3.63) is 0 Å². The van der Waals surface area contributed by atoms with Gasteiger partial charge in [-0.2, -0.15) is 12.6 Å². The van der Waals surface area contributed by atoms with Gasteiger partial charge in [-0.15, -0.1) is 0 Å². The van der Waals surface area contributed by atoms with Gasteiger partial charge in [0.1, 0.15) is 0 Å². The van der Waals surface area contributed by atoms with Gasteiger partial charge in [0.15, 0.2) is 0 Å². The van der Waals surface area contributed by atoms with Crippen LogP contribution in [0.5, 0.6) is 0 Å². The van der Waals surface area contributed by atoms with Crippen molar-refractivity contribution in [2.45, 2.75) is 38.1 Å². The second-order valence-electron chi connectivity index (χ2n) is 3.22. The summed E-state index contributed by atoms with van der Waals surface area (Å²) in [6, 6.07) is 0.431. The number of thiol groups is 1. The maximum absolute atomic E-state index is 5.94. The highest BCUT2D eigenvalue weighted by Crippen LogP contribution is 2.27. The minimum absolute atomic E-state index is 0.431. The number of nitrogens with two attached hydrogens (primary N) is 1. The molecule has 1 rings (SSSR count). The first-order chi connectivity index (χ1) is 4.84. The molecule has 0 radical (unpaired) electrons. The SMILES string of the molecule is NC(CCS)C1CCCC1. The third-order valence-electron chi connectivity index (χ3n) is 2.47. The Morgan fingerprint density at radius 2 is 2.00 bits per heavy atom. The predicted molar refractivity (Wildman–Crippen MR) is 48.4 cm³/mol. The molecule has 0 heterocycles. The third-order valence-corrected chi connectivity index (χ3v) is 2.73. The summed E-state index contributed by atoms with van der Waals surface area (Å²) in [6.07, 6.45) is 6.59. The second kappa shape index (κ2) is 4.24. The molecule has 10 heavy (non-hydrogen) atoms. The van der Waals surface area contributed by atoms with Gasteiger partial charge in [-0.25, -0.2) is 0 Å². The summed E-state index contributed by atoms with van der Waals surface area (Å²) < 4.78 is 0. The summed E-state index contributed by atoms with van der Waals surface area (Å²) in [5.74, 6) is 1.75. The van der Waals surface area contributed by atoms with Crippen molar-refractivity contribution >= 4 is 12.6 Å². The quantitative estimate of drug-likeness (QED) is 0.604. The van der Waals surface area contributed by atoms with Crippen LogP contribution in [0.4, 0.5) is 0 Å². The molecule has 0 amide bonds. The molecular weight excluding hydrogens is 142 g/mol. The lowest BCUT2D eigenvalue weighted by atomic mass is 9.97. The van der Waals surface area contributed by atoms with Gasteiger partial charge in [0.2, 0.25) is 0 Å². The largest absolute Gasteiger partial charge is 0.327 e. The van der Waals surface area contributed by atoms with Crippen LogP contribution in [0.1, 0.15) is 32.1 Å². The van der Waals surface area contributed by atoms with Crippen molar-refractivity contribution in [3.8, 4) is 0 Å². The molecule has 0 aliphatic heterocycles. The van der Waals surface area contributed by atoms with Crippen LogP contribution in [0.2, 0.25) is 0 Å². The van der Waals surface area contributed by atoms with Gasteiger partial charge in [0.05, 0.1) is 0 Å². The lowest BCUT2D eigenvalue weighted by Crippen LogP contribution is -2.28. The third kappa shape index (κ3) is 2.17. The molecule has 1 aliphatic rings. The summed E-state index contributed by atoms with van der Waals surface area (Å²) in [5.41, 5.74) is 5.94. The Balaban J connectivity index is 2.18. The molecule has 1 nitrogen and oxygen atoms in total. The molecule has 0 aromatic carbocycles. The Morgan fingerprint density at radius 1 is 1.40 bits per heavy atom. The highest BCUT2D eigenvalue weighted by molar-refractivity contribution is 7.80. The van der Waals surface area contributed by atoms with Gasteiger partial charge in [0, 0.05) is 6.04 Å². The van der Waals surface area contributed by atoms with E-state index in [2.05, 4.69) is 12.6 Å². The minimum Gasteiger partial charge on any atom is -0.327 e. The molecule has 60 valence electrons. The lowest BCUT2D eigenvalue weighted by molar-refractivity contribution is 0.424. The highest BCUT2D eigenvalue weighted by atomic mass is 32.1. The standard InChI is InChI=1S/C8H17NS/c9-8(5-6-10)7-3-1-2-4-7/h7-8,10H,1-6,9H2. The Morgan fingerprint density at radius 3 is 2.50 bits per heavy atom. The summed E-state index contributed by atoms with van der Waals surface area (Å²) >= 11 is 4.17. The van der Waals surface area contributed by atoms with Crippen molar-refractivity contribution in [2.75, 3.05) is 5.75 Å². The van der Waals surface area contributed by atoms with E-state index >= 15 is 0 Å². The zero-order valence-corrected chi connectivity index (χ0v) is 7.32. The fourth-order valence-corrected chi connectivity index (χ4v) is 2.07. The van der Waals surface area contributed by atoms with E-state index in [9.17, 15) is 0 Å². The Labute approximate surface area is 68.8 Å². The summed E-state index contributed by atoms with van der Waals surface area (Å²) in [7, 11) is 0. The number of hydrogen-bond donors (Lipinski definition) is 2. The minimum atomic E-state index is 0.431. The lowest BCUT2D eigenvalue weighted by Gasteiger charge is -2.16. The average molecular weight is 159 g/mol. The normalized spacial score (nSPS) is 23.4. The number of rotatable bonds is 3. The zero-order valence-electron chi connectivity index (χ0n) is 6.42. The molecular formula is C8H17NS. The van der Waals surface area contributed by atoms with Crippen LogP contribution in [-0.4, -0.2) is 11.8 Å². The molecule has 0 aromatic heterocycles. The maximum atomic E-state index is 5.94. The average Bonchev–Trinajstić information content (AvgIpc) is 2.38. The molecule has 2 heteroatoms. The Hall–Kier alpha value is 0.310. The van der Waals surface area contributed by atoms with Gasteiger partial charge < -0.3 is 5.73 Å². The van der Waals surface area contributed by atoms with Crippen molar-refractivity contribution in [1.82, 2.24) is 0 Å². The van der Waals surface area contributed by atoms with Gasteiger partial charge >= 0.3 is 0 Å². The monoisotopic (exact) mass is 159 g/mol. The van der Waals surface area contributed by atoms with Crippen molar-refractivity contribution in [1.29, 1.82) is 0 Å². The van der Waals surface area contributed by atoms with Crippen LogP contribution in [0.3, 0.4) is 0 Å². The summed E-state index contributed by atoms with van der Waals surface area (Å²) in [4.78, 5) is 0. The van der Waals surface area contributed by atoms with Crippen LogP contribution >= 0.6 is 12.6 Å². The van der Waals surface area contributed by atoms with E-state index in [1.807, 2.05) is 0 Å². The summed E-state index contributed by atoms with van der Waals surface area (Å²) in [5, 5.41) is 0.